The van der Waals surface area contributed by atoms with Gasteiger partial charge >= 0.3 is 0 Å². The van der Waals surface area contributed by atoms with Crippen molar-refractivity contribution in [1.82, 2.24) is 0 Å². The molecule has 31 heavy (non-hydrogen) atoms. The minimum absolute atomic E-state index is 0.0210. The molecule has 5 atom stereocenters. The van der Waals surface area contributed by atoms with Gasteiger partial charge in [0.2, 0.25) is 17.5 Å². The van der Waals surface area contributed by atoms with Crippen LogP contribution in [0.1, 0.15) is 6.92 Å². The van der Waals surface area contributed by atoms with Crippen LogP contribution in [0.2, 0.25) is 0 Å². The maximum Gasteiger partial charge on any atom is 0.238 e. The fourth-order valence-corrected chi connectivity index (χ4v) is 3.39. The molecule has 1 aliphatic heterocycles. The van der Waals surface area contributed by atoms with Crippen LogP contribution in [0.25, 0.3) is 22.3 Å². The first-order valence-corrected chi connectivity index (χ1v) is 9.36. The summed E-state index contributed by atoms with van der Waals surface area (Å²) in [6.45, 7) is 1.49. The van der Waals surface area contributed by atoms with Crippen LogP contribution in [0.3, 0.4) is 0 Å². The van der Waals surface area contributed by atoms with E-state index in [9.17, 15) is 35.4 Å². The quantitative estimate of drug-likeness (QED) is 0.348. The zero-order chi connectivity index (χ0) is 22.4. The number of aromatic hydroxyl groups is 3. The van der Waals surface area contributed by atoms with Crippen LogP contribution in [0, 0.1) is 0 Å². The lowest BCUT2D eigenvalue weighted by Gasteiger charge is -2.38. The van der Waals surface area contributed by atoms with E-state index in [0.29, 0.717) is 5.56 Å². The van der Waals surface area contributed by atoms with Crippen LogP contribution >= 0.6 is 0 Å². The van der Waals surface area contributed by atoms with Crippen molar-refractivity contribution in [3.8, 4) is 34.3 Å². The minimum atomic E-state index is -1.58. The SMILES string of the molecule is C[C@@H]1O[C@@H](Oc2cc(O)c3c(=O)c(O)c(-c4ccc(O)cc4)oc3c2)[C@H](O)[C@H](O)[C@@H]1O. The predicted octanol–water partition coefficient (Wildman–Crippen LogP) is 0.783. The molecule has 0 amide bonds. The number of hydrogen-bond donors (Lipinski definition) is 6. The van der Waals surface area contributed by atoms with Crippen molar-refractivity contribution in [3.63, 3.8) is 0 Å². The first-order chi connectivity index (χ1) is 14.7. The second kappa shape index (κ2) is 7.75. The molecule has 164 valence electrons. The molecule has 0 unspecified atom stereocenters. The third kappa shape index (κ3) is 3.66. The average molecular weight is 432 g/mol. The molecular formula is C21H20O10. The van der Waals surface area contributed by atoms with Crippen molar-refractivity contribution >= 4 is 11.0 Å². The highest BCUT2D eigenvalue weighted by molar-refractivity contribution is 5.88. The highest BCUT2D eigenvalue weighted by Crippen LogP contribution is 2.36. The molecule has 0 spiro atoms. The fourth-order valence-electron chi connectivity index (χ4n) is 3.39. The van der Waals surface area contributed by atoms with Crippen LogP contribution in [-0.4, -0.2) is 61.3 Å². The second-order valence-electron chi connectivity index (χ2n) is 7.27. The van der Waals surface area contributed by atoms with Gasteiger partial charge in [0, 0.05) is 17.7 Å². The molecule has 10 nitrogen and oxygen atoms in total. The summed E-state index contributed by atoms with van der Waals surface area (Å²) in [5.41, 5.74) is -0.702. The monoisotopic (exact) mass is 432 g/mol. The van der Waals surface area contributed by atoms with E-state index in [1.807, 2.05) is 0 Å². The van der Waals surface area contributed by atoms with Crippen LogP contribution in [0.5, 0.6) is 23.0 Å². The van der Waals surface area contributed by atoms with Crippen molar-refractivity contribution in [2.24, 2.45) is 0 Å². The minimum Gasteiger partial charge on any atom is -0.508 e. The lowest BCUT2D eigenvalue weighted by atomic mass is 10.00. The molecule has 3 aromatic rings. The van der Waals surface area contributed by atoms with E-state index in [0.717, 1.165) is 6.07 Å². The molecule has 1 aromatic heterocycles. The molecule has 0 bridgehead atoms. The number of aliphatic hydroxyl groups excluding tert-OH is 3. The molecule has 1 saturated heterocycles. The Hall–Kier alpha value is -3.31. The van der Waals surface area contributed by atoms with Gasteiger partial charge in [0.1, 0.15) is 46.5 Å². The first kappa shape index (κ1) is 20.9. The third-order valence-corrected chi connectivity index (χ3v) is 5.11. The smallest absolute Gasteiger partial charge is 0.238 e. The normalized spacial score (nSPS) is 26.1. The molecule has 0 radical (unpaired) electrons. The van der Waals surface area contributed by atoms with E-state index in [2.05, 4.69) is 0 Å². The van der Waals surface area contributed by atoms with E-state index in [-0.39, 0.29) is 28.2 Å². The summed E-state index contributed by atoms with van der Waals surface area (Å²) in [5.74, 6) is -1.54. The molecule has 1 aliphatic rings. The van der Waals surface area contributed by atoms with Crippen molar-refractivity contribution in [2.45, 2.75) is 37.6 Å². The highest BCUT2D eigenvalue weighted by atomic mass is 16.7. The molecule has 4 rings (SSSR count). The van der Waals surface area contributed by atoms with Crippen molar-refractivity contribution in [3.05, 3.63) is 46.6 Å². The summed E-state index contributed by atoms with van der Waals surface area (Å²) in [5, 5.41) is 59.6. The molecule has 10 heteroatoms. The summed E-state index contributed by atoms with van der Waals surface area (Å²) in [6.07, 6.45) is -6.62. The summed E-state index contributed by atoms with van der Waals surface area (Å²) >= 11 is 0. The van der Waals surface area contributed by atoms with E-state index < -0.39 is 47.6 Å². The number of ether oxygens (including phenoxy) is 2. The number of phenols is 2. The van der Waals surface area contributed by atoms with E-state index in [1.165, 1.54) is 37.3 Å². The number of benzene rings is 2. The summed E-state index contributed by atoms with van der Waals surface area (Å²) in [4.78, 5) is 12.6. The lowest BCUT2D eigenvalue weighted by Crippen LogP contribution is -2.58. The number of hydrogen-bond acceptors (Lipinski definition) is 10. The average Bonchev–Trinajstić information content (AvgIpc) is 2.73. The Labute approximate surface area is 174 Å². The molecule has 0 aliphatic carbocycles. The zero-order valence-electron chi connectivity index (χ0n) is 16.2. The van der Waals surface area contributed by atoms with Gasteiger partial charge in [-0.1, -0.05) is 0 Å². The Morgan fingerprint density at radius 2 is 1.61 bits per heavy atom. The molecule has 2 aromatic carbocycles. The zero-order valence-corrected chi connectivity index (χ0v) is 16.2. The first-order valence-electron chi connectivity index (χ1n) is 9.36. The predicted molar refractivity (Wildman–Crippen MR) is 106 cm³/mol. The maximum absolute atomic E-state index is 12.6. The highest BCUT2D eigenvalue weighted by Gasteiger charge is 2.43. The topological polar surface area (TPSA) is 170 Å². The fraction of sp³-hybridized carbons (Fsp3) is 0.286. The van der Waals surface area contributed by atoms with E-state index in [1.54, 1.807) is 0 Å². The summed E-state index contributed by atoms with van der Waals surface area (Å²) in [7, 11) is 0. The lowest BCUT2D eigenvalue weighted by molar-refractivity contribution is -0.268. The van der Waals surface area contributed by atoms with Gasteiger partial charge in [0.25, 0.3) is 0 Å². The van der Waals surface area contributed by atoms with Gasteiger partial charge in [-0.15, -0.1) is 0 Å². The van der Waals surface area contributed by atoms with E-state index >= 15 is 0 Å². The Balaban J connectivity index is 1.76. The van der Waals surface area contributed by atoms with Gasteiger partial charge in [-0.3, -0.25) is 4.79 Å². The maximum atomic E-state index is 12.6. The number of rotatable bonds is 3. The van der Waals surface area contributed by atoms with Gasteiger partial charge in [0.05, 0.1) is 6.10 Å². The van der Waals surface area contributed by atoms with Crippen LogP contribution in [0.4, 0.5) is 0 Å². The largest absolute Gasteiger partial charge is 0.508 e. The van der Waals surface area contributed by atoms with Gasteiger partial charge in [0.15, 0.2) is 5.76 Å². The standard InChI is InChI=1S/C21H20O10/c1-8-15(24)17(26)19(28)21(29-8)30-11-6-12(23)14-13(7-11)31-20(18(27)16(14)25)9-2-4-10(22)5-3-9/h2-8,15,17,19,21-24,26-28H,1H3/t8-,15+,17+,19+,21-/m0/s1. The van der Waals surface area contributed by atoms with Crippen LogP contribution in [-0.2, 0) is 4.74 Å². The van der Waals surface area contributed by atoms with Crippen LogP contribution < -0.4 is 10.2 Å². The van der Waals surface area contributed by atoms with Gasteiger partial charge in [-0.25, -0.2) is 0 Å². The Bertz CT molecular complexity index is 1170. The number of fused-ring (bicyclic) bond motifs is 1. The van der Waals surface area contributed by atoms with Gasteiger partial charge in [-0.05, 0) is 31.2 Å². The Kier molecular flexibility index (Phi) is 5.23. The van der Waals surface area contributed by atoms with Gasteiger partial charge in [-0.2, -0.15) is 0 Å². The molecule has 6 N–H and O–H groups in total. The van der Waals surface area contributed by atoms with Gasteiger partial charge < -0.3 is 44.5 Å². The molecular weight excluding hydrogens is 412 g/mol. The Morgan fingerprint density at radius 3 is 2.29 bits per heavy atom. The molecule has 2 heterocycles. The van der Waals surface area contributed by atoms with Crippen molar-refractivity contribution in [2.75, 3.05) is 0 Å². The number of aliphatic hydroxyl groups is 3. The second-order valence-corrected chi connectivity index (χ2v) is 7.27. The van der Waals surface area contributed by atoms with Crippen LogP contribution in [0.15, 0.2) is 45.6 Å². The number of phenolic OH excluding ortho intramolecular Hbond substituents is 2. The summed E-state index contributed by atoms with van der Waals surface area (Å²) < 4.78 is 16.5. The third-order valence-electron chi connectivity index (χ3n) is 5.11. The Morgan fingerprint density at radius 1 is 0.935 bits per heavy atom. The summed E-state index contributed by atoms with van der Waals surface area (Å²) in [6, 6.07) is 7.87. The van der Waals surface area contributed by atoms with Crippen molar-refractivity contribution in [1.29, 1.82) is 0 Å². The molecule has 0 saturated carbocycles. The van der Waals surface area contributed by atoms with Crippen molar-refractivity contribution < 1.29 is 44.5 Å². The molecule has 1 fully saturated rings. The van der Waals surface area contributed by atoms with E-state index in [4.69, 9.17) is 13.9 Å².